The second-order valence-electron chi connectivity index (χ2n) is 3.04. The number of hydrogen-bond acceptors (Lipinski definition) is 4. The lowest BCUT2D eigenvalue weighted by Gasteiger charge is -1.97. The molecule has 1 aromatic rings. The Hall–Kier alpha value is -1.59. The maximum atomic E-state index is 10.7. The van der Waals surface area contributed by atoms with Crippen LogP contribution in [0.2, 0.25) is 10.0 Å². The Kier molecular flexibility index (Phi) is 4.48. The Bertz CT molecular complexity index is 508. The van der Waals surface area contributed by atoms with Gasteiger partial charge in [-0.3, -0.25) is 0 Å². The number of aliphatic carboxylic acids is 1. The SMILES string of the molecule is C/C(O)=C(\N=Nc1ccc(Cl)c(Cl)c1)C(=O)O. The number of halogens is 2. The molecule has 1 rings (SSSR count). The Morgan fingerprint density at radius 2 is 1.88 bits per heavy atom. The number of allylic oxidation sites excluding steroid dienone is 1. The molecule has 5 nitrogen and oxygen atoms in total. The van der Waals surface area contributed by atoms with Gasteiger partial charge in [-0.2, -0.15) is 5.11 Å². The summed E-state index contributed by atoms with van der Waals surface area (Å²) in [4.78, 5) is 10.7. The lowest BCUT2D eigenvalue weighted by atomic mass is 10.3. The average molecular weight is 275 g/mol. The van der Waals surface area contributed by atoms with Crippen LogP contribution < -0.4 is 0 Å². The zero-order valence-corrected chi connectivity index (χ0v) is 10.2. The molecule has 0 aliphatic carbocycles. The van der Waals surface area contributed by atoms with Gasteiger partial charge >= 0.3 is 5.97 Å². The second-order valence-corrected chi connectivity index (χ2v) is 3.85. The number of rotatable bonds is 3. The maximum absolute atomic E-state index is 10.7. The van der Waals surface area contributed by atoms with Gasteiger partial charge in [-0.05, 0) is 25.1 Å². The Morgan fingerprint density at radius 3 is 2.35 bits per heavy atom. The molecule has 17 heavy (non-hydrogen) atoms. The number of hydrogen-bond donors (Lipinski definition) is 2. The number of carbonyl (C=O) groups is 1. The third-order valence-electron chi connectivity index (χ3n) is 1.71. The first-order valence-corrected chi connectivity index (χ1v) is 5.17. The minimum atomic E-state index is -1.37. The lowest BCUT2D eigenvalue weighted by molar-refractivity contribution is -0.132. The van der Waals surface area contributed by atoms with Gasteiger partial charge in [0.25, 0.3) is 0 Å². The smallest absolute Gasteiger partial charge is 0.359 e. The summed E-state index contributed by atoms with van der Waals surface area (Å²) in [5, 5.41) is 25.5. The van der Waals surface area contributed by atoms with E-state index in [0.717, 1.165) is 0 Å². The number of aliphatic hydroxyl groups excluding tert-OH is 1. The van der Waals surface area contributed by atoms with Crippen LogP contribution in [0.15, 0.2) is 39.9 Å². The largest absolute Gasteiger partial charge is 0.510 e. The first-order valence-electron chi connectivity index (χ1n) is 4.41. The van der Waals surface area contributed by atoms with Crippen LogP contribution in [-0.2, 0) is 4.79 Å². The van der Waals surface area contributed by atoms with Gasteiger partial charge in [0.2, 0.25) is 5.70 Å². The van der Waals surface area contributed by atoms with E-state index in [1.807, 2.05) is 0 Å². The summed E-state index contributed by atoms with van der Waals surface area (Å²) in [6.45, 7) is 1.21. The molecule has 0 bridgehead atoms. The van der Waals surface area contributed by atoms with E-state index in [2.05, 4.69) is 10.2 Å². The van der Waals surface area contributed by atoms with Gasteiger partial charge in [-0.15, -0.1) is 5.11 Å². The third kappa shape index (κ3) is 3.72. The average Bonchev–Trinajstić information content (AvgIpc) is 2.22. The van der Waals surface area contributed by atoms with E-state index in [-0.39, 0.29) is 5.02 Å². The summed E-state index contributed by atoms with van der Waals surface area (Å²) in [5.41, 5.74) is -0.199. The highest BCUT2D eigenvalue weighted by atomic mass is 35.5. The van der Waals surface area contributed by atoms with Crippen molar-refractivity contribution in [2.45, 2.75) is 6.92 Å². The second kappa shape index (κ2) is 5.65. The monoisotopic (exact) mass is 274 g/mol. The van der Waals surface area contributed by atoms with Crippen molar-refractivity contribution in [3.8, 4) is 0 Å². The van der Waals surface area contributed by atoms with E-state index < -0.39 is 17.4 Å². The predicted molar refractivity (Wildman–Crippen MR) is 63.9 cm³/mol. The zero-order valence-electron chi connectivity index (χ0n) is 8.69. The van der Waals surface area contributed by atoms with E-state index in [0.29, 0.717) is 10.7 Å². The van der Waals surface area contributed by atoms with Crippen molar-refractivity contribution >= 4 is 34.9 Å². The zero-order chi connectivity index (χ0) is 13.0. The molecule has 0 spiro atoms. The summed E-state index contributed by atoms with van der Waals surface area (Å²) < 4.78 is 0. The highest BCUT2D eigenvalue weighted by Crippen LogP contribution is 2.27. The van der Waals surface area contributed by atoms with E-state index in [4.69, 9.17) is 33.4 Å². The Morgan fingerprint density at radius 1 is 1.24 bits per heavy atom. The number of aliphatic hydroxyl groups is 1. The summed E-state index contributed by atoms with van der Waals surface area (Å²) in [5.74, 6) is -1.80. The van der Waals surface area contributed by atoms with Crippen LogP contribution in [0.3, 0.4) is 0 Å². The summed E-state index contributed by atoms with van der Waals surface area (Å²) in [6, 6.07) is 4.46. The van der Waals surface area contributed by atoms with Crippen LogP contribution in [0.4, 0.5) is 5.69 Å². The molecule has 90 valence electrons. The first kappa shape index (κ1) is 13.5. The molecule has 7 heteroatoms. The topological polar surface area (TPSA) is 82.2 Å². The molecular formula is C10H8Cl2N2O3. The van der Waals surface area contributed by atoms with Gasteiger partial charge in [-0.1, -0.05) is 23.2 Å². The van der Waals surface area contributed by atoms with Crippen LogP contribution in [0.25, 0.3) is 0 Å². The van der Waals surface area contributed by atoms with Gasteiger partial charge in [0.15, 0.2) is 0 Å². The van der Waals surface area contributed by atoms with Crippen molar-refractivity contribution in [1.29, 1.82) is 0 Å². The molecule has 0 fully saturated rings. The molecule has 0 aliphatic heterocycles. The molecule has 0 unspecified atom stereocenters. The van der Waals surface area contributed by atoms with Crippen molar-refractivity contribution in [2.24, 2.45) is 10.2 Å². The van der Waals surface area contributed by atoms with Crippen molar-refractivity contribution in [3.63, 3.8) is 0 Å². The van der Waals surface area contributed by atoms with Gasteiger partial charge in [0.05, 0.1) is 15.7 Å². The number of benzene rings is 1. The summed E-state index contributed by atoms with van der Waals surface area (Å²) in [6.07, 6.45) is 0. The number of carboxylic acids is 1. The van der Waals surface area contributed by atoms with Gasteiger partial charge in [0, 0.05) is 0 Å². The van der Waals surface area contributed by atoms with Gasteiger partial charge in [0.1, 0.15) is 5.76 Å². The van der Waals surface area contributed by atoms with Crippen LogP contribution >= 0.6 is 23.2 Å². The normalized spacial score (nSPS) is 12.6. The first-order chi connectivity index (χ1) is 7.91. The molecule has 1 aromatic carbocycles. The van der Waals surface area contributed by atoms with E-state index in [1.165, 1.54) is 25.1 Å². The fraction of sp³-hybridized carbons (Fsp3) is 0.100. The van der Waals surface area contributed by atoms with Crippen molar-refractivity contribution in [2.75, 3.05) is 0 Å². The minimum absolute atomic E-state index is 0.282. The number of nitrogens with zero attached hydrogens (tertiary/aromatic N) is 2. The van der Waals surface area contributed by atoms with Gasteiger partial charge < -0.3 is 10.2 Å². The predicted octanol–water partition coefficient (Wildman–Crippen LogP) is 3.95. The van der Waals surface area contributed by atoms with Gasteiger partial charge in [-0.25, -0.2) is 4.79 Å². The molecule has 0 heterocycles. The maximum Gasteiger partial charge on any atom is 0.359 e. The summed E-state index contributed by atoms with van der Waals surface area (Å²) in [7, 11) is 0. The lowest BCUT2D eigenvalue weighted by Crippen LogP contribution is -2.00. The van der Waals surface area contributed by atoms with E-state index in [1.54, 1.807) is 0 Å². The number of carboxylic acid groups (broad SMARTS) is 1. The van der Waals surface area contributed by atoms with Crippen LogP contribution in [-0.4, -0.2) is 16.2 Å². The van der Waals surface area contributed by atoms with Crippen molar-refractivity contribution < 1.29 is 15.0 Å². The third-order valence-corrected chi connectivity index (χ3v) is 2.45. The number of azo groups is 1. The molecule has 0 saturated carbocycles. The molecule has 0 amide bonds. The Balaban J connectivity index is 3.01. The van der Waals surface area contributed by atoms with Crippen molar-refractivity contribution in [3.05, 3.63) is 39.7 Å². The van der Waals surface area contributed by atoms with Crippen molar-refractivity contribution in [1.82, 2.24) is 0 Å². The van der Waals surface area contributed by atoms with E-state index >= 15 is 0 Å². The summed E-state index contributed by atoms with van der Waals surface area (Å²) >= 11 is 11.4. The Labute approximate surface area is 107 Å². The molecule has 2 N–H and O–H groups in total. The fourth-order valence-corrected chi connectivity index (χ4v) is 1.22. The van der Waals surface area contributed by atoms with Crippen LogP contribution in [0.5, 0.6) is 0 Å². The molecule has 0 aliphatic rings. The minimum Gasteiger partial charge on any atom is -0.510 e. The highest BCUT2D eigenvalue weighted by molar-refractivity contribution is 6.42. The molecular weight excluding hydrogens is 267 g/mol. The fourth-order valence-electron chi connectivity index (χ4n) is 0.925. The highest BCUT2D eigenvalue weighted by Gasteiger charge is 2.10. The molecule has 0 radical (unpaired) electrons. The molecule has 0 saturated heterocycles. The van der Waals surface area contributed by atoms with Crippen LogP contribution in [0, 0.1) is 0 Å². The standard InChI is InChI=1S/C10H8Cl2N2O3/c1-5(15)9(10(16)17)14-13-6-2-3-7(11)8(12)4-6/h2-4,15H,1H3,(H,16,17)/b9-5+,14-13?. The molecule has 0 aromatic heterocycles. The molecule has 0 atom stereocenters. The van der Waals surface area contributed by atoms with E-state index in [9.17, 15) is 4.79 Å². The quantitative estimate of drug-likeness (QED) is 0.497. The van der Waals surface area contributed by atoms with Crippen LogP contribution in [0.1, 0.15) is 6.92 Å².